The van der Waals surface area contributed by atoms with Gasteiger partial charge in [0.05, 0.1) is 5.41 Å². The van der Waals surface area contributed by atoms with Crippen molar-refractivity contribution in [1.82, 2.24) is 0 Å². The largest absolute Gasteiger partial charge is 0.299 e. The van der Waals surface area contributed by atoms with Gasteiger partial charge in [0.2, 0.25) is 0 Å². The number of ketones is 1. The van der Waals surface area contributed by atoms with Gasteiger partial charge in [-0.05, 0) is 30.4 Å². The maximum absolute atomic E-state index is 14.0. The molecule has 0 aromatic heterocycles. The summed E-state index contributed by atoms with van der Waals surface area (Å²) in [6, 6.07) is 7.82. The van der Waals surface area contributed by atoms with E-state index in [-0.39, 0.29) is 5.78 Å². The quantitative estimate of drug-likeness (QED) is 0.634. The fourth-order valence-corrected chi connectivity index (χ4v) is 2.98. The number of carbonyl (C=O) groups is 1. The van der Waals surface area contributed by atoms with Crippen LogP contribution in [0.4, 0.5) is 4.39 Å². The van der Waals surface area contributed by atoms with Crippen LogP contribution in [0.15, 0.2) is 24.3 Å². The average Bonchev–Trinajstić information content (AvgIpc) is 2.27. The van der Waals surface area contributed by atoms with Crippen LogP contribution in [0.25, 0.3) is 0 Å². The summed E-state index contributed by atoms with van der Waals surface area (Å²) in [6.07, 6.45) is 1.56. The summed E-state index contributed by atoms with van der Waals surface area (Å²) in [7, 11) is 0. The van der Waals surface area contributed by atoms with Gasteiger partial charge in [-0.15, -0.1) is 0 Å². The maximum atomic E-state index is 14.0. The van der Waals surface area contributed by atoms with E-state index in [9.17, 15) is 9.18 Å². The monoisotopic (exact) mass is 204 g/mol. The second-order valence-electron chi connectivity index (χ2n) is 4.56. The summed E-state index contributed by atoms with van der Waals surface area (Å²) in [5.41, 5.74) is 1.37. The van der Waals surface area contributed by atoms with Crippen molar-refractivity contribution in [3.63, 3.8) is 0 Å². The van der Waals surface area contributed by atoms with Crippen molar-refractivity contribution in [2.75, 3.05) is 0 Å². The molecule has 3 rings (SSSR count). The molecular weight excluding hydrogens is 191 g/mol. The molecule has 0 radical (unpaired) electrons. The third-order valence-electron chi connectivity index (χ3n) is 3.94. The van der Waals surface area contributed by atoms with Crippen molar-refractivity contribution in [3.8, 4) is 0 Å². The lowest BCUT2D eigenvalue weighted by molar-refractivity contribution is -0.136. The molecule has 1 aromatic carbocycles. The number of carbonyl (C=O) groups excluding carboxylic acids is 1. The predicted molar refractivity (Wildman–Crippen MR) is 55.6 cm³/mol. The van der Waals surface area contributed by atoms with E-state index in [0.717, 1.165) is 12.0 Å². The van der Waals surface area contributed by atoms with E-state index in [4.69, 9.17) is 0 Å². The lowest BCUT2D eigenvalue weighted by Crippen LogP contribution is -2.54. The third-order valence-corrected chi connectivity index (χ3v) is 3.94. The molecule has 78 valence electrons. The molecule has 2 aliphatic carbocycles. The molecule has 2 aliphatic rings. The number of aryl methyl sites for hydroxylation is 1. The maximum Gasteiger partial charge on any atom is 0.146 e. The fourth-order valence-electron chi connectivity index (χ4n) is 2.98. The zero-order valence-corrected chi connectivity index (χ0v) is 8.50. The first kappa shape index (κ1) is 9.08. The number of rotatable bonds is 0. The normalized spacial score (nSPS) is 33.7. The molecule has 2 atom stereocenters. The van der Waals surface area contributed by atoms with E-state index in [0.29, 0.717) is 19.3 Å². The van der Waals surface area contributed by atoms with Gasteiger partial charge in [0, 0.05) is 6.42 Å². The van der Waals surface area contributed by atoms with Crippen LogP contribution in [0, 0.1) is 0 Å². The number of Topliss-reactive ketones (excluding diaryl/α,β-unsaturated/α-hetero) is 1. The van der Waals surface area contributed by atoms with Crippen LogP contribution in [-0.2, 0) is 16.6 Å². The van der Waals surface area contributed by atoms with Gasteiger partial charge in [-0.2, -0.15) is 0 Å². The molecule has 0 N–H and O–H groups in total. The summed E-state index contributed by atoms with van der Waals surface area (Å²) in [5.74, 6) is 0.0992. The number of fused-ring (bicyclic) bond motifs is 2. The summed E-state index contributed by atoms with van der Waals surface area (Å²) < 4.78 is 14.0. The van der Waals surface area contributed by atoms with Gasteiger partial charge in [-0.25, -0.2) is 4.39 Å². The zero-order valence-electron chi connectivity index (χ0n) is 8.50. The van der Waals surface area contributed by atoms with Crippen LogP contribution < -0.4 is 0 Å². The number of alkyl halides is 1. The highest BCUT2D eigenvalue weighted by molar-refractivity contribution is 5.97. The number of hydrogen-bond donors (Lipinski definition) is 0. The van der Waals surface area contributed by atoms with Crippen LogP contribution in [0.2, 0.25) is 0 Å². The molecule has 0 heterocycles. The summed E-state index contributed by atoms with van der Waals surface area (Å²) in [4.78, 5) is 11.7. The second kappa shape index (κ2) is 2.91. The SMILES string of the molecule is O=C1CCC12c1ccccc1CCC2F. The third kappa shape index (κ3) is 0.996. The van der Waals surface area contributed by atoms with Crippen LogP contribution in [-0.4, -0.2) is 12.0 Å². The van der Waals surface area contributed by atoms with Crippen molar-refractivity contribution in [2.24, 2.45) is 0 Å². The Morgan fingerprint density at radius 3 is 2.73 bits per heavy atom. The topological polar surface area (TPSA) is 17.1 Å². The molecule has 1 nitrogen and oxygen atoms in total. The highest BCUT2D eigenvalue weighted by Crippen LogP contribution is 2.49. The Bertz CT molecular complexity index is 426. The molecule has 2 unspecified atom stereocenters. The average molecular weight is 204 g/mol. The number of halogens is 1. The minimum atomic E-state index is -0.964. The van der Waals surface area contributed by atoms with E-state index in [1.165, 1.54) is 5.56 Å². The molecule has 15 heavy (non-hydrogen) atoms. The van der Waals surface area contributed by atoms with Crippen molar-refractivity contribution in [3.05, 3.63) is 35.4 Å². The van der Waals surface area contributed by atoms with Crippen molar-refractivity contribution >= 4 is 5.78 Å². The molecule has 2 heteroatoms. The van der Waals surface area contributed by atoms with Gasteiger partial charge < -0.3 is 0 Å². The van der Waals surface area contributed by atoms with Crippen LogP contribution in [0.5, 0.6) is 0 Å². The van der Waals surface area contributed by atoms with Crippen LogP contribution in [0.3, 0.4) is 0 Å². The first-order valence-corrected chi connectivity index (χ1v) is 5.51. The van der Waals surface area contributed by atoms with Crippen molar-refractivity contribution < 1.29 is 9.18 Å². The second-order valence-corrected chi connectivity index (χ2v) is 4.56. The zero-order chi connectivity index (χ0) is 10.5. The standard InChI is InChI=1S/C13H13FO/c14-11-6-5-9-3-1-2-4-10(9)13(11)8-7-12(13)15/h1-4,11H,5-8H2. The Balaban J connectivity index is 2.18. The Morgan fingerprint density at radius 1 is 1.27 bits per heavy atom. The fraction of sp³-hybridized carbons (Fsp3) is 0.462. The Labute approximate surface area is 88.3 Å². The molecular formula is C13H13FO. The van der Waals surface area contributed by atoms with E-state index < -0.39 is 11.6 Å². The number of hydrogen-bond acceptors (Lipinski definition) is 1. The molecule has 0 bridgehead atoms. The molecule has 1 fully saturated rings. The Kier molecular flexibility index (Phi) is 1.76. The van der Waals surface area contributed by atoms with Crippen LogP contribution in [0.1, 0.15) is 30.4 Å². The lowest BCUT2D eigenvalue weighted by Gasteiger charge is -2.46. The van der Waals surface area contributed by atoms with Gasteiger partial charge in [0.15, 0.2) is 0 Å². The van der Waals surface area contributed by atoms with E-state index in [1.807, 2.05) is 24.3 Å². The van der Waals surface area contributed by atoms with Gasteiger partial charge in [-0.3, -0.25) is 4.79 Å². The smallest absolute Gasteiger partial charge is 0.146 e. The van der Waals surface area contributed by atoms with Gasteiger partial charge >= 0.3 is 0 Å². The highest BCUT2D eigenvalue weighted by atomic mass is 19.1. The van der Waals surface area contributed by atoms with Gasteiger partial charge in [0.25, 0.3) is 0 Å². The summed E-state index contributed by atoms with van der Waals surface area (Å²) in [5, 5.41) is 0. The first-order chi connectivity index (χ1) is 7.25. The first-order valence-electron chi connectivity index (χ1n) is 5.51. The summed E-state index contributed by atoms with van der Waals surface area (Å²) in [6.45, 7) is 0. The molecule has 1 saturated carbocycles. The predicted octanol–water partition coefficient (Wildman–Crippen LogP) is 2.57. The molecule has 1 aromatic rings. The minimum absolute atomic E-state index is 0.0992. The van der Waals surface area contributed by atoms with Crippen LogP contribution >= 0.6 is 0 Å². The van der Waals surface area contributed by atoms with Crippen molar-refractivity contribution in [1.29, 1.82) is 0 Å². The summed E-state index contributed by atoms with van der Waals surface area (Å²) >= 11 is 0. The lowest BCUT2D eigenvalue weighted by atomic mass is 9.56. The molecule has 0 aliphatic heterocycles. The van der Waals surface area contributed by atoms with E-state index in [2.05, 4.69) is 0 Å². The number of benzene rings is 1. The molecule has 0 amide bonds. The van der Waals surface area contributed by atoms with E-state index >= 15 is 0 Å². The molecule has 0 saturated heterocycles. The van der Waals surface area contributed by atoms with Gasteiger partial charge in [-0.1, -0.05) is 24.3 Å². The minimum Gasteiger partial charge on any atom is -0.299 e. The van der Waals surface area contributed by atoms with Gasteiger partial charge in [0.1, 0.15) is 12.0 Å². The Morgan fingerprint density at radius 2 is 2.07 bits per heavy atom. The van der Waals surface area contributed by atoms with E-state index in [1.54, 1.807) is 0 Å². The van der Waals surface area contributed by atoms with Crippen molar-refractivity contribution in [2.45, 2.75) is 37.3 Å². The Hall–Kier alpha value is -1.18. The highest BCUT2D eigenvalue weighted by Gasteiger charge is 2.55. The molecule has 1 spiro atoms.